The number of nitrogens with one attached hydrogen (secondary N) is 1. The number of carbonyl (C=O) groups excluding carboxylic acids is 2. The molecule has 218 valence electrons. The van der Waals surface area contributed by atoms with Crippen LogP contribution in [0.2, 0.25) is 0 Å². The highest BCUT2D eigenvalue weighted by molar-refractivity contribution is 7.86. The van der Waals surface area contributed by atoms with Gasteiger partial charge >= 0.3 is 6.09 Å². The number of rotatable bonds is 5. The lowest BCUT2D eigenvalue weighted by Crippen LogP contribution is -2.46. The van der Waals surface area contributed by atoms with Crippen molar-refractivity contribution in [2.45, 2.75) is 57.8 Å². The first-order valence-electron chi connectivity index (χ1n) is 13.4. The molecule has 11 heteroatoms. The molecule has 3 aromatic rings. The van der Waals surface area contributed by atoms with E-state index in [0.717, 1.165) is 22.3 Å². The standard InChI is InChI=1S/C30H37N5O5S/c1-20-9-7-10-21(2)27(20)25-16-26-32-28(31-25)33-41(38)24-12-8-11-22(15-24)17-34(6)18-23(39-26)19-35(13-14-36)29(37)40-30(3,4)5/h7-12,14-16,23H,13,17-19H2,1-6H3,(H,31,32,33). The molecule has 10 nitrogen and oxygen atoms in total. The number of amides is 1. The third-order valence-corrected chi connectivity index (χ3v) is 7.41. The highest BCUT2D eigenvalue weighted by atomic mass is 32.2. The Bertz CT molecular complexity index is 1420. The zero-order chi connectivity index (χ0) is 29.7. The van der Waals surface area contributed by atoms with Gasteiger partial charge in [0.05, 0.1) is 23.7 Å². The number of hydrogen-bond donors (Lipinski definition) is 1. The molecule has 2 atom stereocenters. The van der Waals surface area contributed by atoms with E-state index in [9.17, 15) is 13.8 Å². The van der Waals surface area contributed by atoms with Gasteiger partial charge in [-0.2, -0.15) is 4.98 Å². The summed E-state index contributed by atoms with van der Waals surface area (Å²) >= 11 is 0. The number of nitrogens with zero attached hydrogens (tertiary/aromatic N) is 4. The van der Waals surface area contributed by atoms with E-state index in [4.69, 9.17) is 14.5 Å². The number of carbonyl (C=O) groups is 2. The highest BCUT2D eigenvalue weighted by Crippen LogP contribution is 2.30. The predicted octanol–water partition coefficient (Wildman–Crippen LogP) is 4.52. The molecule has 2 heterocycles. The molecule has 0 saturated heterocycles. The van der Waals surface area contributed by atoms with Crippen molar-refractivity contribution >= 4 is 29.3 Å². The van der Waals surface area contributed by atoms with E-state index < -0.39 is 28.8 Å². The van der Waals surface area contributed by atoms with Gasteiger partial charge in [0.15, 0.2) is 11.0 Å². The summed E-state index contributed by atoms with van der Waals surface area (Å²) in [7, 11) is 0.315. The molecule has 4 rings (SSSR count). The molecule has 0 saturated carbocycles. The van der Waals surface area contributed by atoms with Gasteiger partial charge in [-0.3, -0.25) is 14.5 Å². The number of aromatic nitrogens is 2. The predicted molar refractivity (Wildman–Crippen MR) is 158 cm³/mol. The van der Waals surface area contributed by atoms with Gasteiger partial charge in [0, 0.05) is 24.7 Å². The Morgan fingerprint density at radius 2 is 1.88 bits per heavy atom. The van der Waals surface area contributed by atoms with E-state index in [-0.39, 0.29) is 24.9 Å². The highest BCUT2D eigenvalue weighted by Gasteiger charge is 2.27. The number of fused-ring (bicyclic) bond motifs is 4. The largest absolute Gasteiger partial charge is 0.471 e. The van der Waals surface area contributed by atoms with Crippen molar-refractivity contribution in [1.82, 2.24) is 19.8 Å². The maximum absolute atomic E-state index is 13.3. The molecule has 0 spiro atoms. The quantitative estimate of drug-likeness (QED) is 0.439. The summed E-state index contributed by atoms with van der Waals surface area (Å²) in [5.41, 5.74) is 3.80. The van der Waals surface area contributed by atoms with E-state index in [2.05, 4.69) is 9.71 Å². The van der Waals surface area contributed by atoms with Crippen LogP contribution in [0.4, 0.5) is 10.7 Å². The fourth-order valence-corrected chi connectivity index (χ4v) is 5.53. The van der Waals surface area contributed by atoms with E-state index in [1.807, 2.05) is 62.2 Å². The molecule has 0 radical (unpaired) electrons. The summed E-state index contributed by atoms with van der Waals surface area (Å²) in [6.07, 6.45) is -0.529. The molecule has 0 fully saturated rings. The SMILES string of the molecule is Cc1cccc(C)c1-c1cc2nc(n1)NS(=O)c1cccc(c1)CN(C)CC(CN(CC=O)C(=O)OC(C)(C)C)O2. The van der Waals surface area contributed by atoms with Gasteiger partial charge in [-0.15, -0.1) is 0 Å². The van der Waals surface area contributed by atoms with Crippen LogP contribution in [0.15, 0.2) is 53.4 Å². The molecule has 1 amide bonds. The van der Waals surface area contributed by atoms with Crippen LogP contribution in [0, 0.1) is 13.8 Å². The van der Waals surface area contributed by atoms with Crippen LogP contribution in [0.3, 0.4) is 0 Å². The van der Waals surface area contributed by atoms with E-state index >= 15 is 0 Å². The van der Waals surface area contributed by atoms with E-state index in [1.54, 1.807) is 32.9 Å². The molecule has 1 N–H and O–H groups in total. The van der Waals surface area contributed by atoms with Gasteiger partial charge in [0.1, 0.15) is 18.0 Å². The van der Waals surface area contributed by atoms with Crippen molar-refractivity contribution in [3.8, 4) is 17.1 Å². The third-order valence-electron chi connectivity index (χ3n) is 6.36. The summed E-state index contributed by atoms with van der Waals surface area (Å²) in [5, 5.41) is 0. The fourth-order valence-electron chi connectivity index (χ4n) is 4.69. The zero-order valence-corrected chi connectivity index (χ0v) is 25.2. The summed E-state index contributed by atoms with van der Waals surface area (Å²) < 4.78 is 28.2. The number of ether oxygens (including phenoxy) is 2. The Morgan fingerprint density at radius 1 is 1.17 bits per heavy atom. The molecular formula is C30H37N5O5S. The van der Waals surface area contributed by atoms with Gasteiger partial charge in [-0.25, -0.2) is 14.0 Å². The Balaban J connectivity index is 1.78. The average molecular weight is 580 g/mol. The number of likely N-dealkylation sites (N-methyl/N-ethyl adjacent to an activating group) is 1. The number of aldehydes is 1. The maximum atomic E-state index is 13.3. The Morgan fingerprint density at radius 3 is 2.56 bits per heavy atom. The van der Waals surface area contributed by atoms with Crippen LogP contribution in [0.25, 0.3) is 11.3 Å². The molecular weight excluding hydrogens is 542 g/mol. The van der Waals surface area contributed by atoms with E-state index in [1.165, 1.54) is 4.90 Å². The van der Waals surface area contributed by atoms with Crippen molar-refractivity contribution < 1.29 is 23.3 Å². The van der Waals surface area contributed by atoms with Gasteiger partial charge in [-0.05, 0) is 70.5 Å². The molecule has 0 aliphatic carbocycles. The number of anilines is 1. The number of benzene rings is 2. The molecule has 41 heavy (non-hydrogen) atoms. The van der Waals surface area contributed by atoms with Crippen molar-refractivity contribution in [3.63, 3.8) is 0 Å². The summed E-state index contributed by atoms with van der Waals surface area (Å²) in [5.74, 6) is 0.392. The van der Waals surface area contributed by atoms with Crippen LogP contribution >= 0.6 is 0 Å². The van der Waals surface area contributed by atoms with Crippen molar-refractivity contribution in [1.29, 1.82) is 0 Å². The molecule has 2 aromatic carbocycles. The van der Waals surface area contributed by atoms with Gasteiger partial charge in [0.25, 0.3) is 0 Å². The van der Waals surface area contributed by atoms with Crippen LogP contribution in [0.1, 0.15) is 37.5 Å². The lowest BCUT2D eigenvalue weighted by Gasteiger charge is -2.31. The minimum atomic E-state index is -1.62. The summed E-state index contributed by atoms with van der Waals surface area (Å²) in [6, 6.07) is 15.2. The molecule has 1 aliphatic heterocycles. The third kappa shape index (κ3) is 8.11. The monoisotopic (exact) mass is 579 g/mol. The molecule has 2 unspecified atom stereocenters. The van der Waals surface area contributed by atoms with Gasteiger partial charge in [0.2, 0.25) is 11.8 Å². The number of aryl methyl sites for hydroxylation is 2. The minimum Gasteiger partial charge on any atom is -0.471 e. The second kappa shape index (κ2) is 12.8. The van der Waals surface area contributed by atoms with Crippen molar-refractivity contribution in [3.05, 3.63) is 65.2 Å². The Kier molecular flexibility index (Phi) is 9.39. The van der Waals surface area contributed by atoms with Crippen LogP contribution in [0.5, 0.6) is 5.88 Å². The minimum absolute atomic E-state index is 0.0788. The van der Waals surface area contributed by atoms with Crippen LogP contribution in [-0.2, 0) is 27.1 Å². The van der Waals surface area contributed by atoms with Gasteiger partial charge < -0.3 is 14.3 Å². The first kappa shape index (κ1) is 30.1. The first-order valence-corrected chi connectivity index (χ1v) is 14.6. The molecule has 1 aliphatic rings. The van der Waals surface area contributed by atoms with Gasteiger partial charge in [-0.1, -0.05) is 30.3 Å². The fraction of sp³-hybridized carbons (Fsp3) is 0.400. The number of hydrogen-bond acceptors (Lipinski definition) is 8. The lowest BCUT2D eigenvalue weighted by atomic mass is 10.00. The summed E-state index contributed by atoms with van der Waals surface area (Å²) in [4.78, 5) is 37.7. The van der Waals surface area contributed by atoms with Crippen molar-refractivity contribution in [2.24, 2.45) is 0 Å². The van der Waals surface area contributed by atoms with Crippen LogP contribution in [-0.4, -0.2) is 74.7 Å². The van der Waals surface area contributed by atoms with Crippen molar-refractivity contribution in [2.75, 3.05) is 31.4 Å². The first-order chi connectivity index (χ1) is 19.4. The topological polar surface area (TPSA) is 114 Å². The second-order valence-electron chi connectivity index (χ2n) is 11.2. The Hall–Kier alpha value is -3.83. The second-order valence-corrected chi connectivity index (χ2v) is 12.4. The molecule has 1 aromatic heterocycles. The van der Waals surface area contributed by atoms with Crippen LogP contribution < -0.4 is 9.46 Å². The lowest BCUT2D eigenvalue weighted by molar-refractivity contribution is -0.109. The molecule has 4 bridgehead atoms. The summed E-state index contributed by atoms with van der Waals surface area (Å²) in [6.45, 7) is 10.2. The normalized spacial score (nSPS) is 17.6. The zero-order valence-electron chi connectivity index (χ0n) is 24.3. The maximum Gasteiger partial charge on any atom is 0.410 e. The average Bonchev–Trinajstić information content (AvgIpc) is 2.87. The van der Waals surface area contributed by atoms with E-state index in [0.29, 0.717) is 30.0 Å². The Labute approximate surface area is 243 Å². The smallest absolute Gasteiger partial charge is 0.410 e.